The molecule has 0 bridgehead atoms. The highest BCUT2D eigenvalue weighted by molar-refractivity contribution is 5.95. The Kier molecular flexibility index (Phi) is 5.64. The smallest absolute Gasteiger partial charge is 0.251 e. The third kappa shape index (κ3) is 4.24. The van der Waals surface area contributed by atoms with Crippen molar-refractivity contribution >= 4 is 22.8 Å². The molecule has 2 fully saturated rings. The fourth-order valence-corrected chi connectivity index (χ4v) is 4.56. The van der Waals surface area contributed by atoms with Gasteiger partial charge in [-0.25, -0.2) is 10.5 Å². The largest absolute Gasteiger partial charge is 0.380 e. The van der Waals surface area contributed by atoms with Crippen molar-refractivity contribution in [2.24, 2.45) is 5.92 Å². The number of hydroxylamine groups is 1. The number of carbonyl (C=O) groups is 2. The van der Waals surface area contributed by atoms with Crippen LogP contribution in [0.4, 0.5) is 0 Å². The summed E-state index contributed by atoms with van der Waals surface area (Å²) in [5, 5.41) is 11.9. The van der Waals surface area contributed by atoms with Gasteiger partial charge in [-0.3, -0.25) is 14.8 Å². The van der Waals surface area contributed by atoms with Crippen LogP contribution in [0.3, 0.4) is 0 Å². The minimum Gasteiger partial charge on any atom is -0.380 e. The number of ether oxygens (including phenoxy) is 1. The van der Waals surface area contributed by atoms with Crippen molar-refractivity contribution in [2.45, 2.75) is 44.2 Å². The molecule has 8 heteroatoms. The van der Waals surface area contributed by atoms with Gasteiger partial charge in [-0.1, -0.05) is 31.2 Å². The van der Waals surface area contributed by atoms with Crippen LogP contribution < -0.4 is 10.8 Å². The van der Waals surface area contributed by atoms with E-state index in [-0.39, 0.29) is 17.9 Å². The van der Waals surface area contributed by atoms with Crippen LogP contribution in [0.2, 0.25) is 0 Å². The van der Waals surface area contributed by atoms with E-state index in [9.17, 15) is 9.59 Å². The van der Waals surface area contributed by atoms with Crippen LogP contribution in [0.5, 0.6) is 0 Å². The zero-order valence-corrected chi connectivity index (χ0v) is 18.6. The first-order chi connectivity index (χ1) is 16.0. The number of nitrogens with one attached hydrogen (secondary N) is 2. The Morgan fingerprint density at radius 2 is 1.94 bits per heavy atom. The van der Waals surface area contributed by atoms with Crippen LogP contribution in [0.25, 0.3) is 11.0 Å². The van der Waals surface area contributed by atoms with Crippen LogP contribution in [-0.4, -0.2) is 45.8 Å². The molecule has 2 atom stereocenters. The fraction of sp³-hybridized carbons (Fsp3) is 0.400. The molecule has 172 valence electrons. The molecule has 1 aliphatic carbocycles. The molecule has 33 heavy (non-hydrogen) atoms. The summed E-state index contributed by atoms with van der Waals surface area (Å²) in [6, 6.07) is 15.4. The summed E-state index contributed by atoms with van der Waals surface area (Å²) >= 11 is 0. The van der Waals surface area contributed by atoms with E-state index in [1.165, 1.54) is 0 Å². The van der Waals surface area contributed by atoms with Gasteiger partial charge >= 0.3 is 0 Å². The molecule has 3 aromatic rings. The zero-order chi connectivity index (χ0) is 23.0. The maximum Gasteiger partial charge on any atom is 0.251 e. The molecule has 0 spiro atoms. The lowest BCUT2D eigenvalue weighted by atomic mass is 9.94. The number of nitrogens with zero attached hydrogens (tertiary/aromatic N) is 2. The highest BCUT2D eigenvalue weighted by Gasteiger charge is 2.43. The number of amides is 2. The van der Waals surface area contributed by atoms with Gasteiger partial charge in [0.25, 0.3) is 11.8 Å². The zero-order valence-electron chi connectivity index (χ0n) is 18.6. The van der Waals surface area contributed by atoms with Gasteiger partial charge in [-0.2, -0.15) is 0 Å². The van der Waals surface area contributed by atoms with Crippen LogP contribution >= 0.6 is 0 Å². The number of rotatable bonds is 6. The van der Waals surface area contributed by atoms with Crippen LogP contribution in [0.15, 0.2) is 48.5 Å². The predicted octanol–water partition coefficient (Wildman–Crippen LogP) is 2.78. The molecule has 1 aliphatic heterocycles. The Morgan fingerprint density at radius 3 is 2.67 bits per heavy atom. The lowest BCUT2D eigenvalue weighted by molar-refractivity contribution is -0.138. The van der Waals surface area contributed by atoms with E-state index >= 15 is 0 Å². The first-order valence-electron chi connectivity index (χ1n) is 11.4. The second-order valence-electron chi connectivity index (χ2n) is 9.29. The summed E-state index contributed by atoms with van der Waals surface area (Å²) in [4.78, 5) is 29.6. The number of fused-ring (bicyclic) bond motifs is 1. The van der Waals surface area contributed by atoms with Crippen molar-refractivity contribution < 1.29 is 19.5 Å². The van der Waals surface area contributed by atoms with Crippen LogP contribution in [0.1, 0.15) is 47.9 Å². The van der Waals surface area contributed by atoms with E-state index < -0.39 is 17.9 Å². The molecule has 1 saturated carbocycles. The van der Waals surface area contributed by atoms with Gasteiger partial charge < -0.3 is 14.6 Å². The number of aromatic nitrogens is 2. The van der Waals surface area contributed by atoms with Crippen molar-refractivity contribution in [3.05, 3.63) is 65.5 Å². The van der Waals surface area contributed by atoms with Gasteiger partial charge in [0.15, 0.2) is 0 Å². The lowest BCUT2D eigenvalue weighted by Gasteiger charge is -2.30. The molecule has 2 aliphatic rings. The quantitative estimate of drug-likeness (QED) is 0.397. The molecule has 2 heterocycles. The Morgan fingerprint density at radius 1 is 1.18 bits per heavy atom. The van der Waals surface area contributed by atoms with Crippen molar-refractivity contribution in [1.82, 2.24) is 20.3 Å². The normalized spacial score (nSPS) is 21.5. The summed E-state index contributed by atoms with van der Waals surface area (Å²) in [6.07, 6.45) is 2.81. The maximum absolute atomic E-state index is 12.8. The second-order valence-corrected chi connectivity index (χ2v) is 9.29. The summed E-state index contributed by atoms with van der Waals surface area (Å²) < 4.78 is 7.62. The Bertz CT molecular complexity index is 1180. The summed E-state index contributed by atoms with van der Waals surface area (Å²) in [6.45, 7) is 3.57. The minimum atomic E-state index is -0.622. The van der Waals surface area contributed by atoms with Gasteiger partial charge in [-0.15, -0.1) is 0 Å². The first-order valence-corrected chi connectivity index (χ1v) is 11.4. The van der Waals surface area contributed by atoms with Crippen LogP contribution in [-0.2, 0) is 21.5 Å². The third-order valence-corrected chi connectivity index (χ3v) is 6.87. The molecule has 1 aromatic heterocycles. The van der Waals surface area contributed by atoms with Crippen LogP contribution in [0, 0.1) is 5.92 Å². The van der Waals surface area contributed by atoms with Crippen molar-refractivity contribution in [3.8, 4) is 0 Å². The van der Waals surface area contributed by atoms with Crippen molar-refractivity contribution in [2.75, 3.05) is 13.2 Å². The topological polar surface area (TPSA) is 105 Å². The van der Waals surface area contributed by atoms with Gasteiger partial charge in [-0.05, 0) is 49.1 Å². The molecule has 5 rings (SSSR count). The molecular weight excluding hydrogens is 420 g/mol. The average Bonchev–Trinajstić information content (AvgIpc) is 3.49. The molecule has 3 N–H and O–H groups in total. The standard InChI is InChI=1S/C25H28N4O4/c1-25(11-12-25)24-27-20-4-2-3-5-21(20)29(24)14-16-6-8-17(9-7-16)22(30)26-19-10-13-33-15-18(19)23(31)28-32/h2-9,18-19,32H,10-15H2,1H3,(H,26,30)(H,28,31)/t18-,19-/m0/s1. The number of imidazole rings is 1. The summed E-state index contributed by atoms with van der Waals surface area (Å²) in [7, 11) is 0. The van der Waals surface area contributed by atoms with Crippen molar-refractivity contribution in [3.63, 3.8) is 0 Å². The number of para-hydroxylation sites is 2. The minimum absolute atomic E-state index is 0.139. The second kappa shape index (κ2) is 8.61. The van der Waals surface area contributed by atoms with E-state index in [2.05, 4.69) is 28.9 Å². The van der Waals surface area contributed by atoms with E-state index in [0.717, 1.165) is 35.3 Å². The van der Waals surface area contributed by atoms with E-state index in [1.807, 2.05) is 36.4 Å². The summed E-state index contributed by atoms with van der Waals surface area (Å²) in [5.74, 6) is -0.298. The monoisotopic (exact) mass is 448 g/mol. The van der Waals surface area contributed by atoms with E-state index in [0.29, 0.717) is 25.1 Å². The number of carbonyl (C=O) groups excluding carboxylic acids is 2. The van der Waals surface area contributed by atoms with E-state index in [4.69, 9.17) is 14.9 Å². The number of hydrogen-bond donors (Lipinski definition) is 3. The predicted molar refractivity (Wildman–Crippen MR) is 122 cm³/mol. The molecule has 0 radical (unpaired) electrons. The highest BCUT2D eigenvalue weighted by Crippen LogP contribution is 2.47. The van der Waals surface area contributed by atoms with Gasteiger partial charge in [0.1, 0.15) is 5.82 Å². The lowest BCUT2D eigenvalue weighted by Crippen LogP contribution is -2.51. The summed E-state index contributed by atoms with van der Waals surface area (Å²) in [5.41, 5.74) is 5.54. The van der Waals surface area contributed by atoms with Gasteiger partial charge in [0.2, 0.25) is 0 Å². The average molecular weight is 449 g/mol. The van der Waals surface area contributed by atoms with Crippen molar-refractivity contribution in [1.29, 1.82) is 0 Å². The Hall–Kier alpha value is -3.23. The van der Waals surface area contributed by atoms with Gasteiger partial charge in [0.05, 0.1) is 23.6 Å². The molecular formula is C25H28N4O4. The number of benzene rings is 2. The maximum atomic E-state index is 12.8. The SMILES string of the molecule is CC1(c2nc3ccccc3n2Cc2ccc(C(=O)N[C@H]3CCOC[C@@H]3C(=O)NO)cc2)CC1. The number of hydrogen-bond acceptors (Lipinski definition) is 5. The molecule has 1 saturated heterocycles. The first kappa shape index (κ1) is 21.6. The molecule has 8 nitrogen and oxygen atoms in total. The fourth-order valence-electron chi connectivity index (χ4n) is 4.56. The highest BCUT2D eigenvalue weighted by atomic mass is 16.5. The molecule has 2 aromatic carbocycles. The third-order valence-electron chi connectivity index (χ3n) is 6.87. The molecule has 0 unspecified atom stereocenters. The van der Waals surface area contributed by atoms with E-state index in [1.54, 1.807) is 5.48 Å². The Balaban J connectivity index is 1.32. The molecule has 2 amide bonds. The van der Waals surface area contributed by atoms with Gasteiger partial charge in [0, 0.05) is 30.2 Å². The Labute approximate surface area is 191 Å².